The van der Waals surface area contributed by atoms with Crippen molar-refractivity contribution >= 4 is 11.9 Å². The molecule has 1 atom stereocenters. The molecule has 1 aromatic rings. The molecule has 0 heterocycles. The van der Waals surface area contributed by atoms with E-state index in [1.165, 1.54) is 13.2 Å². The fourth-order valence-electron chi connectivity index (χ4n) is 2.70. The average Bonchev–Trinajstić information content (AvgIpc) is 2.52. The lowest BCUT2D eigenvalue weighted by atomic mass is 9.87. The van der Waals surface area contributed by atoms with Gasteiger partial charge in [0.1, 0.15) is 5.75 Å². The van der Waals surface area contributed by atoms with E-state index in [0.29, 0.717) is 0 Å². The molecule has 1 N–H and O–H groups in total. The maximum atomic E-state index is 12.3. The Morgan fingerprint density at radius 3 is 2.83 bits per heavy atom. The minimum atomic E-state index is -2.86. The molecule has 0 unspecified atom stereocenters. The van der Waals surface area contributed by atoms with Crippen LogP contribution in [-0.4, -0.2) is 25.6 Å². The van der Waals surface area contributed by atoms with E-state index < -0.39 is 12.6 Å². The van der Waals surface area contributed by atoms with Gasteiger partial charge in [-0.25, -0.2) is 0 Å². The number of benzene rings is 1. The van der Waals surface area contributed by atoms with E-state index in [1.807, 2.05) is 0 Å². The third kappa shape index (κ3) is 4.91. The monoisotopic (exact) mass is 327 g/mol. The summed E-state index contributed by atoms with van der Waals surface area (Å²) in [6, 6.07) is 4.60. The Morgan fingerprint density at radius 1 is 1.35 bits per heavy atom. The van der Waals surface area contributed by atoms with Gasteiger partial charge in [-0.1, -0.05) is 6.07 Å². The van der Waals surface area contributed by atoms with Gasteiger partial charge in [-0.15, -0.1) is 0 Å². The lowest BCUT2D eigenvalue weighted by molar-refractivity contribution is -0.142. The molecule has 1 aliphatic rings. The van der Waals surface area contributed by atoms with Gasteiger partial charge in [-0.2, -0.15) is 8.78 Å². The average molecular weight is 327 g/mol. The summed E-state index contributed by atoms with van der Waals surface area (Å²) in [6.07, 6.45) is 2.46. The van der Waals surface area contributed by atoms with Gasteiger partial charge in [0.2, 0.25) is 5.91 Å². The fourth-order valence-corrected chi connectivity index (χ4v) is 2.70. The lowest BCUT2D eigenvalue weighted by Crippen LogP contribution is -2.31. The molecular formula is C16H19F2NO4. The molecule has 5 nitrogen and oxygen atoms in total. The van der Waals surface area contributed by atoms with Gasteiger partial charge in [0.25, 0.3) is 0 Å². The quantitative estimate of drug-likeness (QED) is 0.816. The summed E-state index contributed by atoms with van der Waals surface area (Å²) >= 11 is 0. The van der Waals surface area contributed by atoms with Crippen LogP contribution < -0.4 is 10.1 Å². The van der Waals surface area contributed by atoms with Crippen molar-refractivity contribution in [2.75, 3.05) is 7.11 Å². The van der Waals surface area contributed by atoms with Crippen molar-refractivity contribution in [3.8, 4) is 5.75 Å². The Balaban J connectivity index is 2.01. The first-order valence-corrected chi connectivity index (χ1v) is 7.43. The van der Waals surface area contributed by atoms with Gasteiger partial charge in [0, 0.05) is 6.42 Å². The molecule has 1 amide bonds. The standard InChI is InChI=1S/C16H19F2NO4/c1-22-15(21)8-7-14(20)19-13-4-2-3-10-9-11(23-16(17)18)5-6-12(10)13/h5-6,9,13,16H,2-4,7-8H2,1H3,(H,19,20)/t13-/m0/s1. The molecule has 0 saturated heterocycles. The van der Waals surface area contributed by atoms with Gasteiger partial charge in [-0.05, 0) is 42.5 Å². The summed E-state index contributed by atoms with van der Waals surface area (Å²) in [6.45, 7) is -2.86. The van der Waals surface area contributed by atoms with E-state index >= 15 is 0 Å². The molecule has 0 aromatic heterocycles. The SMILES string of the molecule is COC(=O)CCC(=O)N[C@H]1CCCc2cc(OC(F)F)ccc21. The highest BCUT2D eigenvalue weighted by Crippen LogP contribution is 2.32. The minimum Gasteiger partial charge on any atom is -0.469 e. The number of carbonyl (C=O) groups is 2. The number of ether oxygens (including phenoxy) is 2. The van der Waals surface area contributed by atoms with Gasteiger partial charge >= 0.3 is 12.6 Å². The van der Waals surface area contributed by atoms with Crippen LogP contribution in [0.15, 0.2) is 18.2 Å². The number of fused-ring (bicyclic) bond motifs is 1. The van der Waals surface area contributed by atoms with Crippen LogP contribution in [-0.2, 0) is 20.7 Å². The first kappa shape index (κ1) is 17.2. The van der Waals surface area contributed by atoms with E-state index in [9.17, 15) is 18.4 Å². The van der Waals surface area contributed by atoms with Crippen molar-refractivity contribution in [1.29, 1.82) is 0 Å². The van der Waals surface area contributed by atoms with Gasteiger partial charge in [0.15, 0.2) is 0 Å². The molecule has 0 spiro atoms. The molecule has 1 aliphatic carbocycles. The normalized spacial score (nSPS) is 16.6. The van der Waals surface area contributed by atoms with E-state index in [2.05, 4.69) is 14.8 Å². The molecule has 0 saturated carbocycles. The first-order valence-electron chi connectivity index (χ1n) is 7.43. The van der Waals surface area contributed by atoms with Crippen molar-refractivity contribution in [3.63, 3.8) is 0 Å². The van der Waals surface area contributed by atoms with Crippen molar-refractivity contribution in [3.05, 3.63) is 29.3 Å². The number of rotatable bonds is 6. The zero-order valence-corrected chi connectivity index (χ0v) is 12.8. The Labute approximate surface area is 133 Å². The summed E-state index contributed by atoms with van der Waals surface area (Å²) in [5.74, 6) is -0.546. The number of amides is 1. The number of carbonyl (C=O) groups excluding carboxylic acids is 2. The van der Waals surface area contributed by atoms with Crippen molar-refractivity contribution in [1.82, 2.24) is 5.32 Å². The van der Waals surface area contributed by atoms with Crippen LogP contribution in [0.4, 0.5) is 8.78 Å². The Morgan fingerprint density at radius 2 is 2.13 bits per heavy atom. The maximum Gasteiger partial charge on any atom is 0.387 e. The molecule has 0 bridgehead atoms. The number of halogens is 2. The smallest absolute Gasteiger partial charge is 0.387 e. The van der Waals surface area contributed by atoms with Crippen LogP contribution in [0.3, 0.4) is 0 Å². The predicted molar refractivity (Wildman–Crippen MR) is 78.1 cm³/mol. The van der Waals surface area contributed by atoms with Gasteiger partial charge < -0.3 is 14.8 Å². The predicted octanol–water partition coefficient (Wildman–Crippen LogP) is 2.73. The van der Waals surface area contributed by atoms with Crippen LogP contribution in [0, 0.1) is 0 Å². The van der Waals surface area contributed by atoms with E-state index in [4.69, 9.17) is 0 Å². The van der Waals surface area contributed by atoms with Crippen LogP contribution in [0.2, 0.25) is 0 Å². The summed E-state index contributed by atoms with van der Waals surface area (Å²) in [5, 5.41) is 2.88. The van der Waals surface area contributed by atoms with E-state index in [0.717, 1.165) is 30.4 Å². The number of esters is 1. The second-order valence-corrected chi connectivity index (χ2v) is 5.33. The molecule has 1 aromatic carbocycles. The molecule has 126 valence electrons. The highest BCUT2D eigenvalue weighted by Gasteiger charge is 2.23. The van der Waals surface area contributed by atoms with Gasteiger partial charge in [0.05, 0.1) is 19.6 Å². The number of hydrogen-bond acceptors (Lipinski definition) is 4. The number of methoxy groups -OCH3 is 1. The summed E-state index contributed by atoms with van der Waals surface area (Å²) < 4.78 is 33.4. The molecule has 0 fully saturated rings. The molecule has 0 radical (unpaired) electrons. The molecule has 7 heteroatoms. The first-order chi connectivity index (χ1) is 11.0. The highest BCUT2D eigenvalue weighted by molar-refractivity contribution is 5.81. The molecule has 2 rings (SSSR count). The van der Waals surface area contributed by atoms with Crippen LogP contribution in [0.5, 0.6) is 5.75 Å². The van der Waals surface area contributed by atoms with Crippen LogP contribution in [0.25, 0.3) is 0 Å². The van der Waals surface area contributed by atoms with E-state index in [1.54, 1.807) is 12.1 Å². The van der Waals surface area contributed by atoms with E-state index in [-0.39, 0.29) is 30.5 Å². The summed E-state index contributed by atoms with van der Waals surface area (Å²) in [5.41, 5.74) is 1.80. The Hall–Kier alpha value is -2.18. The zero-order valence-electron chi connectivity index (χ0n) is 12.8. The third-order valence-corrected chi connectivity index (χ3v) is 3.77. The number of alkyl halides is 2. The van der Waals surface area contributed by atoms with Crippen LogP contribution >= 0.6 is 0 Å². The number of nitrogens with one attached hydrogen (secondary N) is 1. The summed E-state index contributed by atoms with van der Waals surface area (Å²) in [4.78, 5) is 23.0. The molecule has 23 heavy (non-hydrogen) atoms. The number of hydrogen-bond donors (Lipinski definition) is 1. The lowest BCUT2D eigenvalue weighted by Gasteiger charge is -2.27. The zero-order chi connectivity index (χ0) is 16.8. The fraction of sp³-hybridized carbons (Fsp3) is 0.500. The van der Waals surface area contributed by atoms with Crippen molar-refractivity contribution in [2.24, 2.45) is 0 Å². The second-order valence-electron chi connectivity index (χ2n) is 5.33. The largest absolute Gasteiger partial charge is 0.469 e. The maximum absolute atomic E-state index is 12.3. The minimum absolute atomic E-state index is 0.0308. The molecular weight excluding hydrogens is 308 g/mol. The third-order valence-electron chi connectivity index (χ3n) is 3.77. The topological polar surface area (TPSA) is 64.6 Å². The summed E-state index contributed by atoms with van der Waals surface area (Å²) in [7, 11) is 1.27. The van der Waals surface area contributed by atoms with Crippen molar-refractivity contribution in [2.45, 2.75) is 44.8 Å². The second kappa shape index (κ2) is 7.89. The number of aryl methyl sites for hydroxylation is 1. The van der Waals surface area contributed by atoms with Crippen LogP contribution in [0.1, 0.15) is 42.9 Å². The van der Waals surface area contributed by atoms with Crippen molar-refractivity contribution < 1.29 is 27.8 Å². The highest BCUT2D eigenvalue weighted by atomic mass is 19.3. The Kier molecular flexibility index (Phi) is 5.90. The Bertz CT molecular complexity index is 577. The molecule has 0 aliphatic heterocycles. The van der Waals surface area contributed by atoms with Gasteiger partial charge in [-0.3, -0.25) is 9.59 Å².